The molecular weight excluding hydrogens is 232 g/mol. The fourth-order valence-corrected chi connectivity index (χ4v) is 2.38. The second kappa shape index (κ2) is 5.14. The van der Waals surface area contributed by atoms with E-state index in [2.05, 4.69) is 13.8 Å². The molecule has 1 heterocycles. The highest BCUT2D eigenvalue weighted by Gasteiger charge is 2.27. The second-order valence-corrected chi connectivity index (χ2v) is 5.75. The van der Waals surface area contributed by atoms with E-state index >= 15 is 0 Å². The molecule has 0 saturated heterocycles. The molecule has 0 radical (unpaired) electrons. The van der Waals surface area contributed by atoms with E-state index in [1.54, 1.807) is 6.07 Å². The molecule has 1 aliphatic carbocycles. The van der Waals surface area contributed by atoms with Gasteiger partial charge in [-0.05, 0) is 37.2 Å². The molecule has 0 unspecified atom stereocenters. The lowest BCUT2D eigenvalue weighted by molar-refractivity contribution is -0.00627. The number of rotatable bonds is 4. The van der Waals surface area contributed by atoms with Crippen molar-refractivity contribution < 1.29 is 19.1 Å². The summed E-state index contributed by atoms with van der Waals surface area (Å²) in [6.45, 7) is 4.88. The average molecular weight is 252 g/mol. The van der Waals surface area contributed by atoms with Crippen molar-refractivity contribution in [1.82, 2.24) is 0 Å². The third kappa shape index (κ3) is 3.13. The smallest absolute Gasteiger partial charge is 0.372 e. The zero-order chi connectivity index (χ0) is 13.2. The molecule has 1 aromatic rings. The molecular formula is C14H20O4. The van der Waals surface area contributed by atoms with Gasteiger partial charge in [0.25, 0.3) is 0 Å². The predicted octanol–water partition coefficient (Wildman–Crippen LogP) is 3.46. The van der Waals surface area contributed by atoms with Crippen molar-refractivity contribution >= 4 is 5.97 Å². The first-order valence-corrected chi connectivity index (χ1v) is 6.39. The molecule has 0 aliphatic heterocycles. The number of carboxylic acid groups (broad SMARTS) is 1. The summed E-state index contributed by atoms with van der Waals surface area (Å²) < 4.78 is 10.7. The molecule has 1 aromatic heterocycles. The van der Waals surface area contributed by atoms with Crippen molar-refractivity contribution in [3.63, 3.8) is 0 Å². The molecule has 2 rings (SSSR count). The third-order valence-corrected chi connectivity index (χ3v) is 3.70. The average Bonchev–Trinajstić information content (AvgIpc) is 2.76. The Kier molecular flexibility index (Phi) is 3.76. The number of carboxylic acids is 1. The van der Waals surface area contributed by atoms with E-state index in [-0.39, 0.29) is 11.9 Å². The Morgan fingerprint density at radius 2 is 2.17 bits per heavy atom. The predicted molar refractivity (Wildman–Crippen MR) is 66.5 cm³/mol. The lowest BCUT2D eigenvalue weighted by atomic mass is 9.76. The molecule has 0 spiro atoms. The Hall–Kier alpha value is -1.29. The van der Waals surface area contributed by atoms with Crippen LogP contribution in [0.1, 0.15) is 55.6 Å². The van der Waals surface area contributed by atoms with Crippen LogP contribution in [0.3, 0.4) is 0 Å². The Balaban J connectivity index is 1.85. The van der Waals surface area contributed by atoms with Crippen LogP contribution in [0, 0.1) is 5.41 Å². The quantitative estimate of drug-likeness (QED) is 0.891. The van der Waals surface area contributed by atoms with Gasteiger partial charge in [0.15, 0.2) is 0 Å². The summed E-state index contributed by atoms with van der Waals surface area (Å²) in [6, 6.07) is 1.66. The van der Waals surface area contributed by atoms with Crippen molar-refractivity contribution in [3.8, 4) is 0 Å². The molecule has 1 fully saturated rings. The zero-order valence-corrected chi connectivity index (χ0v) is 10.9. The SMILES string of the molecule is CC1(C)CCC(OCc2ccoc2C(=O)O)CC1. The molecule has 0 aromatic carbocycles. The normalized spacial score (nSPS) is 19.9. The fourth-order valence-electron chi connectivity index (χ4n) is 2.38. The first-order valence-electron chi connectivity index (χ1n) is 6.39. The maximum atomic E-state index is 10.9. The van der Waals surface area contributed by atoms with Crippen LogP contribution in [-0.4, -0.2) is 17.2 Å². The van der Waals surface area contributed by atoms with Crippen LogP contribution in [-0.2, 0) is 11.3 Å². The standard InChI is InChI=1S/C14H20O4/c1-14(2)6-3-11(4-7-14)18-9-10-5-8-17-12(10)13(15)16/h5,8,11H,3-4,6-7,9H2,1-2H3,(H,15,16). The molecule has 4 nitrogen and oxygen atoms in total. The molecule has 1 saturated carbocycles. The van der Waals surface area contributed by atoms with Crippen LogP contribution < -0.4 is 0 Å². The molecule has 0 amide bonds. The van der Waals surface area contributed by atoms with Crippen molar-refractivity contribution in [2.75, 3.05) is 0 Å². The van der Waals surface area contributed by atoms with E-state index in [1.165, 1.54) is 6.26 Å². The molecule has 1 N–H and O–H groups in total. The number of aromatic carboxylic acids is 1. The summed E-state index contributed by atoms with van der Waals surface area (Å²) in [6.07, 6.45) is 6.06. The summed E-state index contributed by atoms with van der Waals surface area (Å²) in [7, 11) is 0. The van der Waals surface area contributed by atoms with Gasteiger partial charge in [-0.3, -0.25) is 0 Å². The summed E-state index contributed by atoms with van der Waals surface area (Å²) in [5.74, 6) is -1.05. The van der Waals surface area contributed by atoms with Gasteiger partial charge in [0.2, 0.25) is 5.76 Å². The Labute approximate surface area is 107 Å². The van der Waals surface area contributed by atoms with E-state index in [0.717, 1.165) is 25.7 Å². The van der Waals surface area contributed by atoms with Gasteiger partial charge in [-0.1, -0.05) is 13.8 Å². The summed E-state index contributed by atoms with van der Waals surface area (Å²) in [5.41, 5.74) is 1.04. The highest BCUT2D eigenvalue weighted by Crippen LogP contribution is 2.36. The van der Waals surface area contributed by atoms with E-state index in [1.807, 2.05) is 0 Å². The number of furan rings is 1. The van der Waals surface area contributed by atoms with Crippen LogP contribution >= 0.6 is 0 Å². The lowest BCUT2D eigenvalue weighted by Gasteiger charge is -2.34. The van der Waals surface area contributed by atoms with Crippen LogP contribution in [0.4, 0.5) is 0 Å². The molecule has 1 aliphatic rings. The van der Waals surface area contributed by atoms with E-state index in [0.29, 0.717) is 17.6 Å². The second-order valence-electron chi connectivity index (χ2n) is 5.75. The van der Waals surface area contributed by atoms with Crippen LogP contribution in [0.2, 0.25) is 0 Å². The van der Waals surface area contributed by atoms with Crippen molar-refractivity contribution in [3.05, 3.63) is 23.7 Å². The molecule has 100 valence electrons. The molecule has 18 heavy (non-hydrogen) atoms. The number of hydrogen-bond donors (Lipinski definition) is 1. The topological polar surface area (TPSA) is 59.7 Å². The van der Waals surface area contributed by atoms with Gasteiger partial charge in [-0.25, -0.2) is 4.79 Å². The monoisotopic (exact) mass is 252 g/mol. The lowest BCUT2D eigenvalue weighted by Crippen LogP contribution is -2.26. The van der Waals surface area contributed by atoms with Crippen molar-refractivity contribution in [2.24, 2.45) is 5.41 Å². The summed E-state index contributed by atoms with van der Waals surface area (Å²) in [5, 5.41) is 8.91. The van der Waals surface area contributed by atoms with Crippen molar-refractivity contribution in [1.29, 1.82) is 0 Å². The number of ether oxygens (including phenoxy) is 1. The first kappa shape index (κ1) is 13.1. The van der Waals surface area contributed by atoms with E-state index in [4.69, 9.17) is 14.3 Å². The minimum atomic E-state index is -1.04. The van der Waals surface area contributed by atoms with E-state index in [9.17, 15) is 4.79 Å². The molecule has 0 atom stereocenters. The Morgan fingerprint density at radius 3 is 2.78 bits per heavy atom. The highest BCUT2D eigenvalue weighted by molar-refractivity contribution is 5.85. The van der Waals surface area contributed by atoms with Gasteiger partial charge in [0.1, 0.15) is 0 Å². The third-order valence-electron chi connectivity index (χ3n) is 3.70. The molecule has 4 heteroatoms. The molecule has 0 bridgehead atoms. The fraction of sp³-hybridized carbons (Fsp3) is 0.643. The van der Waals surface area contributed by atoms with Gasteiger partial charge < -0.3 is 14.3 Å². The summed E-state index contributed by atoms with van der Waals surface area (Å²) >= 11 is 0. The van der Waals surface area contributed by atoms with Gasteiger partial charge in [0.05, 0.1) is 19.0 Å². The van der Waals surface area contributed by atoms with Gasteiger partial charge in [0, 0.05) is 5.56 Å². The van der Waals surface area contributed by atoms with Crippen LogP contribution in [0.25, 0.3) is 0 Å². The van der Waals surface area contributed by atoms with Gasteiger partial charge in [-0.2, -0.15) is 0 Å². The largest absolute Gasteiger partial charge is 0.475 e. The summed E-state index contributed by atoms with van der Waals surface area (Å²) in [4.78, 5) is 10.9. The Morgan fingerprint density at radius 1 is 1.50 bits per heavy atom. The number of carbonyl (C=O) groups is 1. The zero-order valence-electron chi connectivity index (χ0n) is 10.9. The maximum Gasteiger partial charge on any atom is 0.372 e. The van der Waals surface area contributed by atoms with Crippen LogP contribution in [0.15, 0.2) is 16.7 Å². The maximum absolute atomic E-state index is 10.9. The van der Waals surface area contributed by atoms with Gasteiger partial charge in [-0.15, -0.1) is 0 Å². The van der Waals surface area contributed by atoms with Crippen LogP contribution in [0.5, 0.6) is 0 Å². The first-order chi connectivity index (χ1) is 8.48. The minimum Gasteiger partial charge on any atom is -0.475 e. The van der Waals surface area contributed by atoms with Crippen molar-refractivity contribution in [2.45, 2.75) is 52.2 Å². The minimum absolute atomic E-state index is 0.00820. The Bertz CT molecular complexity index is 409. The number of hydrogen-bond acceptors (Lipinski definition) is 3. The van der Waals surface area contributed by atoms with Gasteiger partial charge >= 0.3 is 5.97 Å². The van der Waals surface area contributed by atoms with E-state index < -0.39 is 5.97 Å². The highest BCUT2D eigenvalue weighted by atomic mass is 16.5.